The summed E-state index contributed by atoms with van der Waals surface area (Å²) < 4.78 is 15.8. The van der Waals surface area contributed by atoms with E-state index in [0.29, 0.717) is 18.3 Å². The van der Waals surface area contributed by atoms with Crippen LogP contribution in [0.4, 0.5) is 0 Å². The maximum atomic E-state index is 11.5. The summed E-state index contributed by atoms with van der Waals surface area (Å²) in [5.74, 6) is 1.16. The van der Waals surface area contributed by atoms with Crippen molar-refractivity contribution in [2.75, 3.05) is 26.4 Å². The van der Waals surface area contributed by atoms with Crippen LogP contribution in [-0.2, 0) is 19.0 Å². The number of rotatable bonds is 16. The lowest BCUT2D eigenvalue weighted by Gasteiger charge is -2.09. The number of thiocarbonyl (C=S) groups is 1. The van der Waals surface area contributed by atoms with Crippen molar-refractivity contribution in [3.05, 3.63) is 0 Å². The summed E-state index contributed by atoms with van der Waals surface area (Å²) >= 11 is 5.08. The Bertz CT molecular complexity index is 311. The predicted molar refractivity (Wildman–Crippen MR) is 107 cm³/mol. The Labute approximate surface area is 160 Å². The number of carbonyl (C=O) groups is 1. The number of hydrogen-bond acceptors (Lipinski definition) is 5. The smallest absolute Gasteiger partial charge is 0.332 e. The van der Waals surface area contributed by atoms with Gasteiger partial charge in [0.1, 0.15) is 13.2 Å². The molecule has 4 nitrogen and oxygen atoms in total. The molecule has 0 aromatic carbocycles. The molecule has 5 heteroatoms. The van der Waals surface area contributed by atoms with E-state index in [1.54, 1.807) is 0 Å². The second kappa shape index (κ2) is 16.8. The van der Waals surface area contributed by atoms with Crippen LogP contribution in [0.25, 0.3) is 0 Å². The van der Waals surface area contributed by atoms with Crippen molar-refractivity contribution in [1.82, 2.24) is 0 Å². The molecule has 0 bridgehead atoms. The highest BCUT2D eigenvalue weighted by Crippen LogP contribution is 2.08. The molecular formula is C20H38O4S. The van der Waals surface area contributed by atoms with E-state index < -0.39 is 0 Å². The van der Waals surface area contributed by atoms with Crippen LogP contribution in [0.1, 0.15) is 79.1 Å². The summed E-state index contributed by atoms with van der Waals surface area (Å²) in [6, 6.07) is 0. The largest absolute Gasteiger partial charge is 0.485 e. The van der Waals surface area contributed by atoms with Crippen LogP contribution in [0.15, 0.2) is 0 Å². The first kappa shape index (κ1) is 24.3. The zero-order valence-electron chi connectivity index (χ0n) is 16.7. The van der Waals surface area contributed by atoms with Gasteiger partial charge in [-0.2, -0.15) is 0 Å². The highest BCUT2D eigenvalue weighted by atomic mass is 32.1. The highest BCUT2D eigenvalue weighted by molar-refractivity contribution is 7.80. The van der Waals surface area contributed by atoms with Crippen LogP contribution in [0, 0.1) is 11.8 Å². The molecular weight excluding hydrogens is 336 g/mol. The summed E-state index contributed by atoms with van der Waals surface area (Å²) in [4.78, 5) is 11.5. The predicted octanol–water partition coefficient (Wildman–Crippen LogP) is 5.32. The minimum Gasteiger partial charge on any atom is -0.485 e. The second-order valence-corrected chi connectivity index (χ2v) is 7.88. The minimum atomic E-state index is -0.333. The maximum absolute atomic E-state index is 11.5. The van der Waals surface area contributed by atoms with Gasteiger partial charge in [0.15, 0.2) is 5.05 Å². The molecule has 0 amide bonds. The molecule has 0 radical (unpaired) electrons. The van der Waals surface area contributed by atoms with E-state index >= 15 is 0 Å². The molecule has 0 aromatic heterocycles. The molecule has 0 fully saturated rings. The Morgan fingerprint density at radius 1 is 0.760 bits per heavy atom. The normalized spacial score (nSPS) is 11.1. The third kappa shape index (κ3) is 19.5. The molecule has 0 saturated heterocycles. The molecule has 0 aromatic rings. The molecule has 0 rings (SSSR count). The van der Waals surface area contributed by atoms with Gasteiger partial charge in [0, 0.05) is 0 Å². The van der Waals surface area contributed by atoms with E-state index in [-0.39, 0.29) is 19.2 Å². The Morgan fingerprint density at radius 3 is 1.80 bits per heavy atom. The molecule has 148 valence electrons. The summed E-state index contributed by atoms with van der Waals surface area (Å²) in [5, 5.41) is 0.408. The first-order valence-corrected chi connectivity index (χ1v) is 10.2. The molecule has 25 heavy (non-hydrogen) atoms. The van der Waals surface area contributed by atoms with Gasteiger partial charge in [0.2, 0.25) is 0 Å². The summed E-state index contributed by atoms with van der Waals surface area (Å²) in [6.07, 6.45) is 9.08. The standard InChI is InChI=1S/C20H38O4S/c1-17(2)11-7-5-9-13-23-19(21)15-22-16-20(25)24-14-10-6-8-12-18(3)4/h17-18H,5-16H2,1-4H3. The molecule has 0 unspecified atom stereocenters. The van der Waals surface area contributed by atoms with Gasteiger partial charge >= 0.3 is 5.97 Å². The van der Waals surface area contributed by atoms with Crippen LogP contribution in [-0.4, -0.2) is 37.4 Å². The quantitative estimate of drug-likeness (QED) is 0.208. The molecule has 0 heterocycles. The zero-order valence-corrected chi connectivity index (χ0v) is 17.5. The fourth-order valence-electron chi connectivity index (χ4n) is 2.34. The van der Waals surface area contributed by atoms with Crippen LogP contribution >= 0.6 is 12.2 Å². The summed E-state index contributed by atoms with van der Waals surface area (Å²) in [7, 11) is 0. The topological polar surface area (TPSA) is 44.8 Å². The lowest BCUT2D eigenvalue weighted by molar-refractivity contribution is -0.148. The van der Waals surface area contributed by atoms with Crippen LogP contribution in [0.2, 0.25) is 0 Å². The van der Waals surface area contributed by atoms with E-state index in [1.165, 1.54) is 25.7 Å². The van der Waals surface area contributed by atoms with Crippen molar-refractivity contribution in [2.24, 2.45) is 11.8 Å². The van der Waals surface area contributed by atoms with Crippen LogP contribution in [0.5, 0.6) is 0 Å². The van der Waals surface area contributed by atoms with Crippen molar-refractivity contribution in [1.29, 1.82) is 0 Å². The average Bonchev–Trinajstić information content (AvgIpc) is 2.53. The van der Waals surface area contributed by atoms with Crippen LogP contribution in [0.3, 0.4) is 0 Å². The monoisotopic (exact) mass is 374 g/mol. The van der Waals surface area contributed by atoms with Gasteiger partial charge in [0.05, 0.1) is 13.2 Å². The van der Waals surface area contributed by atoms with E-state index in [0.717, 1.165) is 37.5 Å². The number of unbranched alkanes of at least 4 members (excludes halogenated alkanes) is 4. The van der Waals surface area contributed by atoms with Crippen molar-refractivity contribution < 1.29 is 19.0 Å². The van der Waals surface area contributed by atoms with Gasteiger partial charge in [-0.1, -0.05) is 66.2 Å². The summed E-state index contributed by atoms with van der Waals surface area (Å²) in [6.45, 7) is 10.1. The molecule has 0 aliphatic heterocycles. The molecule has 0 spiro atoms. The fraction of sp³-hybridized carbons (Fsp3) is 0.900. The fourth-order valence-corrected chi connectivity index (χ4v) is 2.50. The van der Waals surface area contributed by atoms with E-state index in [1.807, 2.05) is 0 Å². The Kier molecular flexibility index (Phi) is 16.3. The molecule has 0 N–H and O–H groups in total. The molecule has 0 aliphatic rings. The highest BCUT2D eigenvalue weighted by Gasteiger charge is 2.05. The lowest BCUT2D eigenvalue weighted by Crippen LogP contribution is -2.18. The molecule has 0 saturated carbocycles. The van der Waals surface area contributed by atoms with Crippen molar-refractivity contribution in [3.8, 4) is 0 Å². The first-order chi connectivity index (χ1) is 11.9. The molecule has 0 atom stereocenters. The number of ether oxygens (including phenoxy) is 3. The Morgan fingerprint density at radius 2 is 1.28 bits per heavy atom. The van der Waals surface area contributed by atoms with Crippen molar-refractivity contribution in [3.63, 3.8) is 0 Å². The van der Waals surface area contributed by atoms with E-state index in [2.05, 4.69) is 27.7 Å². The SMILES string of the molecule is CC(C)CCCCCOC(=O)COCC(=S)OCCCCCC(C)C. The van der Waals surface area contributed by atoms with E-state index in [4.69, 9.17) is 26.4 Å². The second-order valence-electron chi connectivity index (χ2n) is 7.42. The number of esters is 1. The average molecular weight is 375 g/mol. The summed E-state index contributed by atoms with van der Waals surface area (Å²) in [5.41, 5.74) is 0. The van der Waals surface area contributed by atoms with Gasteiger partial charge in [-0.05, 0) is 36.9 Å². The maximum Gasteiger partial charge on any atom is 0.332 e. The Hall–Kier alpha value is -0.680. The number of carbonyl (C=O) groups excluding carboxylic acids is 1. The Balaban J connectivity index is 3.38. The third-order valence-corrected chi connectivity index (χ3v) is 4.05. The van der Waals surface area contributed by atoms with Gasteiger partial charge in [-0.3, -0.25) is 0 Å². The van der Waals surface area contributed by atoms with Crippen LogP contribution < -0.4 is 0 Å². The van der Waals surface area contributed by atoms with Crippen molar-refractivity contribution >= 4 is 23.2 Å². The van der Waals surface area contributed by atoms with E-state index in [9.17, 15) is 4.79 Å². The minimum absolute atomic E-state index is 0.0656. The molecule has 0 aliphatic carbocycles. The van der Waals surface area contributed by atoms with Gasteiger partial charge in [-0.25, -0.2) is 4.79 Å². The van der Waals surface area contributed by atoms with Gasteiger partial charge in [-0.15, -0.1) is 0 Å². The van der Waals surface area contributed by atoms with Crippen molar-refractivity contribution in [2.45, 2.75) is 79.1 Å². The first-order valence-electron chi connectivity index (χ1n) is 9.80. The van der Waals surface area contributed by atoms with Gasteiger partial charge < -0.3 is 14.2 Å². The lowest BCUT2D eigenvalue weighted by atomic mass is 10.1. The van der Waals surface area contributed by atoms with Gasteiger partial charge in [0.25, 0.3) is 0 Å². The number of hydrogen-bond donors (Lipinski definition) is 0. The zero-order chi connectivity index (χ0) is 18.9. The third-order valence-electron chi connectivity index (χ3n) is 3.82.